The molecular weight excluding hydrogens is 232 g/mol. The average molecular weight is 266 g/mol. The van der Waals surface area contributed by atoms with Gasteiger partial charge in [-0.25, -0.2) is 0 Å². The molecule has 0 aromatic carbocycles. The van der Waals surface area contributed by atoms with Crippen LogP contribution in [-0.4, -0.2) is 36.1 Å². The Kier molecular flexibility index (Phi) is 3.59. The van der Waals surface area contributed by atoms with Crippen LogP contribution in [0.1, 0.15) is 55.4 Å². The van der Waals surface area contributed by atoms with Crippen molar-refractivity contribution in [1.29, 1.82) is 0 Å². The van der Waals surface area contributed by atoms with Gasteiger partial charge < -0.3 is 5.32 Å². The Bertz CT molecular complexity index is 327. The van der Waals surface area contributed by atoms with Gasteiger partial charge in [-0.1, -0.05) is 41.5 Å². The van der Waals surface area contributed by atoms with Gasteiger partial charge in [-0.05, 0) is 36.5 Å². The van der Waals surface area contributed by atoms with Crippen molar-refractivity contribution in [3.05, 3.63) is 0 Å². The van der Waals surface area contributed by atoms with Crippen LogP contribution in [0, 0.1) is 22.7 Å². The highest BCUT2D eigenvalue weighted by Gasteiger charge is 2.64. The van der Waals surface area contributed by atoms with E-state index in [9.17, 15) is 0 Å². The molecule has 1 atom stereocenters. The van der Waals surface area contributed by atoms with E-state index in [1.165, 1.54) is 13.1 Å². The Labute approximate surface area is 120 Å². The predicted molar refractivity (Wildman–Crippen MR) is 83.3 cm³/mol. The van der Waals surface area contributed by atoms with Crippen LogP contribution in [0.2, 0.25) is 0 Å². The van der Waals surface area contributed by atoms with Gasteiger partial charge in [-0.2, -0.15) is 0 Å². The third kappa shape index (κ3) is 2.58. The van der Waals surface area contributed by atoms with E-state index < -0.39 is 0 Å². The van der Waals surface area contributed by atoms with Crippen molar-refractivity contribution < 1.29 is 0 Å². The molecule has 0 spiro atoms. The summed E-state index contributed by atoms with van der Waals surface area (Å²) >= 11 is 0. The first-order chi connectivity index (χ1) is 8.49. The summed E-state index contributed by atoms with van der Waals surface area (Å²) in [6.45, 7) is 22.7. The zero-order valence-corrected chi connectivity index (χ0v) is 14.3. The Morgan fingerprint density at radius 2 is 1.58 bits per heavy atom. The maximum absolute atomic E-state index is 3.71. The summed E-state index contributed by atoms with van der Waals surface area (Å²) in [5.41, 5.74) is 1.27. The number of rotatable bonds is 3. The minimum absolute atomic E-state index is 0.258. The van der Waals surface area contributed by atoms with Crippen molar-refractivity contribution in [1.82, 2.24) is 10.2 Å². The van der Waals surface area contributed by atoms with E-state index in [4.69, 9.17) is 0 Å². The maximum Gasteiger partial charge on any atom is 0.0252 e. The summed E-state index contributed by atoms with van der Waals surface area (Å²) in [4.78, 5) is 2.77. The van der Waals surface area contributed by atoms with Crippen LogP contribution in [0.3, 0.4) is 0 Å². The summed E-state index contributed by atoms with van der Waals surface area (Å²) in [5.74, 6) is 1.57. The number of piperazine rings is 1. The lowest BCUT2D eigenvalue weighted by Gasteiger charge is -2.46. The molecule has 2 rings (SSSR count). The molecule has 1 aliphatic heterocycles. The van der Waals surface area contributed by atoms with Gasteiger partial charge in [0.25, 0.3) is 0 Å². The molecule has 0 bridgehead atoms. The molecule has 1 saturated carbocycles. The van der Waals surface area contributed by atoms with Crippen LogP contribution in [0.15, 0.2) is 0 Å². The topological polar surface area (TPSA) is 15.3 Å². The molecule has 2 heteroatoms. The summed E-state index contributed by atoms with van der Waals surface area (Å²) in [6.07, 6.45) is 0. The van der Waals surface area contributed by atoms with Crippen LogP contribution in [0.5, 0.6) is 0 Å². The van der Waals surface area contributed by atoms with E-state index in [1.807, 2.05) is 0 Å². The zero-order chi connectivity index (χ0) is 14.6. The summed E-state index contributed by atoms with van der Waals surface area (Å²) in [5, 5.41) is 3.71. The van der Waals surface area contributed by atoms with Gasteiger partial charge in [0, 0.05) is 31.2 Å². The average Bonchev–Trinajstić information content (AvgIpc) is 2.59. The first-order valence-electron chi connectivity index (χ1n) is 7.98. The van der Waals surface area contributed by atoms with Crippen molar-refractivity contribution in [3.63, 3.8) is 0 Å². The number of hydrogen-bond donors (Lipinski definition) is 1. The Hall–Kier alpha value is -0.0800. The predicted octanol–water partition coefficient (Wildman–Crippen LogP) is 3.38. The van der Waals surface area contributed by atoms with Crippen LogP contribution in [0.4, 0.5) is 0 Å². The molecule has 2 fully saturated rings. The summed E-state index contributed by atoms with van der Waals surface area (Å²) < 4.78 is 0. The smallest absolute Gasteiger partial charge is 0.0252 e. The number of hydrogen-bond acceptors (Lipinski definition) is 2. The highest BCUT2D eigenvalue weighted by atomic mass is 15.3. The molecule has 0 aromatic heterocycles. The molecule has 0 radical (unpaired) electrons. The summed E-state index contributed by atoms with van der Waals surface area (Å²) in [6, 6.07) is 0.695. The fourth-order valence-electron chi connectivity index (χ4n) is 4.07. The van der Waals surface area contributed by atoms with E-state index in [2.05, 4.69) is 65.6 Å². The van der Waals surface area contributed by atoms with Gasteiger partial charge >= 0.3 is 0 Å². The third-order valence-electron chi connectivity index (χ3n) is 6.36. The van der Waals surface area contributed by atoms with E-state index in [0.717, 1.165) is 18.4 Å². The van der Waals surface area contributed by atoms with Crippen molar-refractivity contribution >= 4 is 0 Å². The molecule has 1 unspecified atom stereocenters. The highest BCUT2D eigenvalue weighted by molar-refractivity contribution is 5.14. The molecule has 2 nitrogen and oxygen atoms in total. The molecule has 1 saturated heterocycles. The lowest BCUT2D eigenvalue weighted by molar-refractivity contribution is 0.0605. The zero-order valence-electron chi connectivity index (χ0n) is 14.3. The standard InChI is InChI=1S/C17H34N2/c1-12(2)13-9-18-15(3,4)11-19(13)10-14-16(5,6)17(14,7)8/h12-14,18H,9-11H2,1-8H3. The van der Waals surface area contributed by atoms with E-state index in [0.29, 0.717) is 16.9 Å². The molecule has 19 heavy (non-hydrogen) atoms. The van der Waals surface area contributed by atoms with Crippen molar-refractivity contribution in [2.45, 2.75) is 67.0 Å². The van der Waals surface area contributed by atoms with Crippen LogP contribution in [0.25, 0.3) is 0 Å². The minimum Gasteiger partial charge on any atom is -0.309 e. The van der Waals surface area contributed by atoms with Gasteiger partial charge in [-0.3, -0.25) is 4.90 Å². The Morgan fingerprint density at radius 1 is 1.05 bits per heavy atom. The van der Waals surface area contributed by atoms with Gasteiger partial charge in [0.05, 0.1) is 0 Å². The van der Waals surface area contributed by atoms with Crippen molar-refractivity contribution in [2.75, 3.05) is 19.6 Å². The van der Waals surface area contributed by atoms with Gasteiger partial charge in [0.2, 0.25) is 0 Å². The van der Waals surface area contributed by atoms with Crippen LogP contribution < -0.4 is 5.32 Å². The fourth-order valence-corrected chi connectivity index (χ4v) is 4.07. The second-order valence-electron chi connectivity index (χ2n) is 9.00. The molecule has 1 heterocycles. The Morgan fingerprint density at radius 3 is 2.00 bits per heavy atom. The van der Waals surface area contributed by atoms with E-state index in [1.54, 1.807) is 0 Å². The molecule has 0 amide bonds. The normalized spacial score (nSPS) is 33.6. The quantitative estimate of drug-likeness (QED) is 0.842. The van der Waals surface area contributed by atoms with Crippen molar-refractivity contribution in [2.24, 2.45) is 22.7 Å². The lowest BCUT2D eigenvalue weighted by atomic mass is 9.92. The molecule has 1 aliphatic carbocycles. The number of nitrogens with zero attached hydrogens (tertiary/aromatic N) is 1. The van der Waals surface area contributed by atoms with Gasteiger partial charge in [-0.15, -0.1) is 0 Å². The lowest BCUT2D eigenvalue weighted by Crippen LogP contribution is -2.63. The molecular formula is C17H34N2. The maximum atomic E-state index is 3.71. The molecule has 1 N–H and O–H groups in total. The fraction of sp³-hybridized carbons (Fsp3) is 1.00. The highest BCUT2D eigenvalue weighted by Crippen LogP contribution is 2.68. The third-order valence-corrected chi connectivity index (χ3v) is 6.36. The second-order valence-corrected chi connectivity index (χ2v) is 9.00. The second kappa shape index (κ2) is 4.46. The molecule has 112 valence electrons. The van der Waals surface area contributed by atoms with E-state index >= 15 is 0 Å². The van der Waals surface area contributed by atoms with Crippen LogP contribution in [-0.2, 0) is 0 Å². The number of nitrogens with one attached hydrogen (secondary N) is 1. The SMILES string of the molecule is CC(C)C1CNC(C)(C)CN1CC1C(C)(C)C1(C)C. The molecule has 2 aliphatic rings. The van der Waals surface area contributed by atoms with Crippen molar-refractivity contribution in [3.8, 4) is 0 Å². The Balaban J connectivity index is 2.08. The van der Waals surface area contributed by atoms with Gasteiger partial charge in [0.1, 0.15) is 0 Å². The monoisotopic (exact) mass is 266 g/mol. The first-order valence-corrected chi connectivity index (χ1v) is 7.98. The van der Waals surface area contributed by atoms with E-state index in [-0.39, 0.29) is 5.54 Å². The van der Waals surface area contributed by atoms with Gasteiger partial charge in [0.15, 0.2) is 0 Å². The first kappa shape index (κ1) is 15.3. The summed E-state index contributed by atoms with van der Waals surface area (Å²) in [7, 11) is 0. The van der Waals surface area contributed by atoms with Crippen LogP contribution >= 0.6 is 0 Å². The largest absolute Gasteiger partial charge is 0.309 e. The minimum atomic E-state index is 0.258. The molecule has 0 aromatic rings.